The van der Waals surface area contributed by atoms with E-state index >= 15 is 0 Å². The summed E-state index contributed by atoms with van der Waals surface area (Å²) in [5.41, 5.74) is 0. The number of allylic oxidation sites excluding steroid dienone is 7. The van der Waals surface area contributed by atoms with Crippen molar-refractivity contribution in [2.75, 3.05) is 19.8 Å². The quantitative estimate of drug-likeness (QED) is 0.0204. The fourth-order valence-corrected chi connectivity index (χ4v) is 12.8. The van der Waals surface area contributed by atoms with E-state index in [1.54, 1.807) is 6.08 Å². The van der Waals surface area contributed by atoms with Gasteiger partial charge >= 0.3 is 0 Å². The Bertz CT molecular complexity index is 1730. The molecule has 12 atom stereocenters. The number of aliphatic hydroxyl groups excluding tert-OH is 8. The van der Waals surface area contributed by atoms with Crippen molar-refractivity contribution in [2.45, 2.75) is 421 Å². The molecule has 0 saturated carbocycles. The average Bonchev–Trinajstić information content (AvgIpc) is 0.844. The van der Waals surface area contributed by atoms with Crippen LogP contribution in [0, 0.1) is 0 Å². The largest absolute Gasteiger partial charge is 0.394 e. The first-order chi connectivity index (χ1) is 45.1. The van der Waals surface area contributed by atoms with Gasteiger partial charge in [0.25, 0.3) is 0 Å². The van der Waals surface area contributed by atoms with Crippen molar-refractivity contribution < 1.29 is 64.6 Å². The van der Waals surface area contributed by atoms with Crippen molar-refractivity contribution in [1.82, 2.24) is 5.32 Å². The number of rotatable bonds is 65. The fraction of sp³-hybridized carbons (Fsp3) is 0.885. The average molecular weight is 1310 g/mol. The van der Waals surface area contributed by atoms with E-state index in [4.69, 9.17) is 18.9 Å². The van der Waals surface area contributed by atoms with Gasteiger partial charge in [0, 0.05) is 6.42 Å². The maximum absolute atomic E-state index is 13.4. The second kappa shape index (κ2) is 62.5. The molecule has 92 heavy (non-hydrogen) atoms. The van der Waals surface area contributed by atoms with Gasteiger partial charge < -0.3 is 65.1 Å². The number of hydrogen-bond acceptors (Lipinski definition) is 13. The van der Waals surface area contributed by atoms with E-state index in [1.807, 2.05) is 6.08 Å². The summed E-state index contributed by atoms with van der Waals surface area (Å²) in [6, 6.07) is -0.933. The molecule has 2 aliphatic rings. The van der Waals surface area contributed by atoms with Gasteiger partial charge in [0.05, 0.1) is 32.0 Å². The van der Waals surface area contributed by atoms with Crippen LogP contribution in [0.25, 0.3) is 0 Å². The van der Waals surface area contributed by atoms with Crippen molar-refractivity contribution >= 4 is 5.91 Å². The monoisotopic (exact) mass is 1300 g/mol. The van der Waals surface area contributed by atoms with Crippen LogP contribution in [0.15, 0.2) is 48.6 Å². The van der Waals surface area contributed by atoms with Gasteiger partial charge in [-0.2, -0.15) is 0 Å². The van der Waals surface area contributed by atoms with Crippen molar-refractivity contribution in [2.24, 2.45) is 0 Å². The molecule has 14 nitrogen and oxygen atoms in total. The Morgan fingerprint density at radius 3 is 1.13 bits per heavy atom. The molecule has 0 aromatic carbocycles. The highest BCUT2D eigenvalue weighted by Gasteiger charge is 2.51. The standard InChI is InChI=1S/C78H145NO13/c1-3-5-7-9-11-13-15-17-19-21-23-25-27-29-31-32-33-34-36-38-40-42-44-46-48-50-52-54-56-58-60-62-70(83)79-66(65-89-77-75(88)73(86)76(69(64-81)91-77)92-78-74(87)72(85)71(84)68(63-80)90-78)67(82)61-59-57-55-53-51-49-47-45-43-41-39-37-35-30-28-26-24-22-20-18-16-14-12-10-8-6-4-2/h15,17,21,23,51,53,59,61,66-69,71-78,80-82,84-88H,3-14,16,18-20,22,24-50,52,54-58,60,62-65H2,1-2H3,(H,79,83)/b17-15-,23-21-,53-51+,61-59+. The number of unbranched alkanes of at least 4 members (excludes halogenated alkanes) is 46. The van der Waals surface area contributed by atoms with Crippen LogP contribution >= 0.6 is 0 Å². The Morgan fingerprint density at radius 1 is 0.391 bits per heavy atom. The number of nitrogens with one attached hydrogen (secondary N) is 1. The van der Waals surface area contributed by atoms with Crippen molar-refractivity contribution in [1.29, 1.82) is 0 Å². The fourth-order valence-electron chi connectivity index (χ4n) is 12.8. The molecular weight excluding hydrogens is 1160 g/mol. The summed E-state index contributed by atoms with van der Waals surface area (Å²) in [7, 11) is 0. The molecule has 0 aliphatic carbocycles. The minimum absolute atomic E-state index is 0.243. The molecule has 2 heterocycles. The highest BCUT2D eigenvalue weighted by Crippen LogP contribution is 2.30. The number of ether oxygens (including phenoxy) is 4. The third-order valence-corrected chi connectivity index (χ3v) is 19.0. The Morgan fingerprint density at radius 2 is 0.728 bits per heavy atom. The predicted molar refractivity (Wildman–Crippen MR) is 378 cm³/mol. The van der Waals surface area contributed by atoms with Crippen LogP contribution in [0.4, 0.5) is 0 Å². The van der Waals surface area contributed by atoms with E-state index in [9.17, 15) is 45.6 Å². The lowest BCUT2D eigenvalue weighted by atomic mass is 9.97. The van der Waals surface area contributed by atoms with Crippen LogP contribution in [-0.2, 0) is 23.7 Å². The van der Waals surface area contributed by atoms with Gasteiger partial charge in [0.15, 0.2) is 12.6 Å². The molecule has 9 N–H and O–H groups in total. The smallest absolute Gasteiger partial charge is 0.220 e. The summed E-state index contributed by atoms with van der Waals surface area (Å²) in [5, 5.41) is 87.6. The molecular formula is C78H145NO13. The number of amides is 1. The molecule has 0 bridgehead atoms. The minimum Gasteiger partial charge on any atom is -0.394 e. The number of aliphatic hydroxyl groups is 8. The number of hydrogen-bond donors (Lipinski definition) is 9. The molecule has 12 unspecified atom stereocenters. The molecule has 0 aromatic heterocycles. The van der Waals surface area contributed by atoms with Gasteiger partial charge in [-0.1, -0.05) is 326 Å². The summed E-state index contributed by atoms with van der Waals surface area (Å²) in [6.07, 6.45) is 66.2. The summed E-state index contributed by atoms with van der Waals surface area (Å²) >= 11 is 0. The van der Waals surface area contributed by atoms with Crippen molar-refractivity contribution in [3.63, 3.8) is 0 Å². The summed E-state index contributed by atoms with van der Waals surface area (Å²) in [5.74, 6) is -0.243. The van der Waals surface area contributed by atoms with Gasteiger partial charge in [-0.15, -0.1) is 0 Å². The molecule has 14 heteroatoms. The lowest BCUT2D eigenvalue weighted by Crippen LogP contribution is -2.65. The normalized spacial score (nSPS) is 22.9. The third-order valence-electron chi connectivity index (χ3n) is 19.0. The maximum atomic E-state index is 13.4. The highest BCUT2D eigenvalue weighted by atomic mass is 16.7. The molecule has 2 rings (SSSR count). The Hall–Kier alpha value is -2.05. The summed E-state index contributed by atoms with van der Waals surface area (Å²) in [6.45, 7) is 2.83. The SMILES string of the molecule is CCCCCCC/C=C\C/C=C\CCCCCCCCCCCCCCCCCCCCCC(=O)NC(COC1OC(CO)C(OC2OC(CO)C(O)C(O)C2O)C(O)C1O)C(O)/C=C/CC/C=C/CCCCCCCCCCCCCCCCCCCCCCC. The molecule has 0 aromatic rings. The number of carbonyl (C=O) groups excluding carboxylic acids is 1. The molecule has 2 saturated heterocycles. The van der Waals surface area contributed by atoms with Crippen LogP contribution in [0.5, 0.6) is 0 Å². The van der Waals surface area contributed by atoms with Gasteiger partial charge in [-0.3, -0.25) is 4.79 Å². The van der Waals surface area contributed by atoms with Gasteiger partial charge in [0.2, 0.25) is 5.91 Å². The van der Waals surface area contributed by atoms with Crippen molar-refractivity contribution in [3.05, 3.63) is 48.6 Å². The van der Waals surface area contributed by atoms with Gasteiger partial charge in [-0.05, 0) is 64.2 Å². The lowest BCUT2D eigenvalue weighted by Gasteiger charge is -2.46. The second-order valence-electron chi connectivity index (χ2n) is 27.5. The Kier molecular flexibility index (Phi) is 58.4. The van der Waals surface area contributed by atoms with Crippen LogP contribution < -0.4 is 5.32 Å². The van der Waals surface area contributed by atoms with Crippen molar-refractivity contribution in [3.8, 4) is 0 Å². The molecule has 2 aliphatic heterocycles. The van der Waals surface area contributed by atoms with E-state index in [1.165, 1.54) is 276 Å². The zero-order valence-corrected chi connectivity index (χ0v) is 59.1. The Balaban J connectivity index is 1.64. The summed E-state index contributed by atoms with van der Waals surface area (Å²) < 4.78 is 22.9. The molecule has 1 amide bonds. The second-order valence-corrected chi connectivity index (χ2v) is 27.5. The van der Waals surface area contributed by atoms with E-state index in [2.05, 4.69) is 55.6 Å². The zero-order chi connectivity index (χ0) is 66.6. The molecule has 0 spiro atoms. The molecule has 0 radical (unpaired) electrons. The molecule has 2 fully saturated rings. The first-order valence-corrected chi connectivity index (χ1v) is 38.9. The third kappa shape index (κ3) is 45.5. The van der Waals surface area contributed by atoms with E-state index in [-0.39, 0.29) is 18.9 Å². The molecule has 540 valence electrons. The van der Waals surface area contributed by atoms with E-state index in [0.717, 1.165) is 38.5 Å². The lowest BCUT2D eigenvalue weighted by molar-refractivity contribution is -0.359. The number of carbonyl (C=O) groups is 1. The predicted octanol–water partition coefficient (Wildman–Crippen LogP) is 17.0. The van der Waals surface area contributed by atoms with Crippen LogP contribution in [-0.4, -0.2) is 140 Å². The first-order valence-electron chi connectivity index (χ1n) is 38.9. The highest BCUT2D eigenvalue weighted by molar-refractivity contribution is 5.76. The minimum atomic E-state index is -1.79. The van der Waals surface area contributed by atoms with E-state index in [0.29, 0.717) is 12.8 Å². The maximum Gasteiger partial charge on any atom is 0.220 e. The van der Waals surface area contributed by atoms with Gasteiger partial charge in [0.1, 0.15) is 48.8 Å². The topological polar surface area (TPSA) is 228 Å². The zero-order valence-electron chi connectivity index (χ0n) is 59.1. The first kappa shape index (κ1) is 86.0. The van der Waals surface area contributed by atoms with Crippen LogP contribution in [0.3, 0.4) is 0 Å². The van der Waals surface area contributed by atoms with Crippen LogP contribution in [0.1, 0.15) is 348 Å². The van der Waals surface area contributed by atoms with Crippen LogP contribution in [0.2, 0.25) is 0 Å². The Labute approximate surface area is 563 Å². The van der Waals surface area contributed by atoms with E-state index < -0.39 is 86.8 Å². The summed E-state index contributed by atoms with van der Waals surface area (Å²) in [4.78, 5) is 13.4. The van der Waals surface area contributed by atoms with Gasteiger partial charge in [-0.25, -0.2) is 0 Å².